The fraction of sp³-hybridized carbons (Fsp3) is 0.182. The van der Waals surface area contributed by atoms with Gasteiger partial charge in [0.05, 0.1) is 11.9 Å². The van der Waals surface area contributed by atoms with E-state index in [1.54, 1.807) is 11.3 Å². The maximum absolute atomic E-state index is 12.6. The zero-order chi connectivity index (χ0) is 18.5. The van der Waals surface area contributed by atoms with Crippen molar-refractivity contribution in [3.8, 4) is 0 Å². The van der Waals surface area contributed by atoms with Crippen molar-refractivity contribution in [2.75, 3.05) is 10.7 Å². The maximum Gasteiger partial charge on any atom is 0.256 e. The van der Waals surface area contributed by atoms with Gasteiger partial charge in [0.2, 0.25) is 0 Å². The van der Waals surface area contributed by atoms with Crippen LogP contribution in [0.2, 0.25) is 0 Å². The Balaban J connectivity index is 1.59. The van der Waals surface area contributed by atoms with Crippen LogP contribution in [-0.4, -0.2) is 12.1 Å². The molecule has 0 saturated carbocycles. The Bertz CT molecular complexity index is 948. The lowest BCUT2D eigenvalue weighted by Gasteiger charge is -2.11. The van der Waals surface area contributed by atoms with Crippen LogP contribution in [0, 0.1) is 0 Å². The minimum Gasteiger partial charge on any atom is -0.313 e. The molecule has 136 valence electrons. The number of anilines is 2. The van der Waals surface area contributed by atoms with E-state index in [4.69, 9.17) is 0 Å². The van der Waals surface area contributed by atoms with E-state index in [1.807, 2.05) is 66.9 Å². The Kier molecular flexibility index (Phi) is 5.30. The zero-order valence-electron chi connectivity index (χ0n) is 14.9. The Hall–Kier alpha value is -2.92. The molecule has 1 aliphatic carbocycles. The van der Waals surface area contributed by atoms with Gasteiger partial charge in [0.15, 0.2) is 0 Å². The van der Waals surface area contributed by atoms with Crippen molar-refractivity contribution in [2.45, 2.75) is 25.7 Å². The summed E-state index contributed by atoms with van der Waals surface area (Å²) in [6.45, 7) is 0. The van der Waals surface area contributed by atoms with E-state index >= 15 is 0 Å². The summed E-state index contributed by atoms with van der Waals surface area (Å²) in [7, 11) is 0. The second-order valence-corrected chi connectivity index (χ2v) is 7.62. The Morgan fingerprint density at radius 2 is 1.67 bits per heavy atom. The molecule has 0 atom stereocenters. The fourth-order valence-electron chi connectivity index (χ4n) is 3.27. The molecule has 2 aromatic carbocycles. The van der Waals surface area contributed by atoms with Gasteiger partial charge in [0.1, 0.15) is 5.00 Å². The molecular weight excluding hydrogens is 354 g/mol. The molecule has 0 unspecified atom stereocenters. The highest BCUT2D eigenvalue weighted by Gasteiger charge is 2.21. The molecule has 5 heteroatoms. The molecule has 0 spiro atoms. The molecule has 1 aromatic heterocycles. The van der Waals surface area contributed by atoms with Gasteiger partial charge in [-0.1, -0.05) is 36.4 Å². The zero-order valence-corrected chi connectivity index (χ0v) is 15.8. The summed E-state index contributed by atoms with van der Waals surface area (Å²) >= 11 is 1.68. The van der Waals surface area contributed by atoms with E-state index in [-0.39, 0.29) is 5.91 Å². The smallest absolute Gasteiger partial charge is 0.256 e. The van der Waals surface area contributed by atoms with E-state index in [1.165, 1.54) is 23.3 Å². The monoisotopic (exact) mass is 375 g/mol. The molecule has 0 fully saturated rings. The molecule has 1 aliphatic rings. The SMILES string of the molecule is O=C(Nc1sc2c(c1/C=N\Nc1ccccc1)CCCC2)c1ccccc1. The van der Waals surface area contributed by atoms with Crippen molar-refractivity contribution in [1.29, 1.82) is 0 Å². The van der Waals surface area contributed by atoms with Crippen molar-refractivity contribution >= 4 is 34.1 Å². The van der Waals surface area contributed by atoms with Crippen LogP contribution in [0.3, 0.4) is 0 Å². The summed E-state index contributed by atoms with van der Waals surface area (Å²) in [6, 6.07) is 19.2. The van der Waals surface area contributed by atoms with E-state index in [0.29, 0.717) is 5.56 Å². The van der Waals surface area contributed by atoms with Crippen LogP contribution in [0.1, 0.15) is 39.2 Å². The number of carbonyl (C=O) groups is 1. The third kappa shape index (κ3) is 4.09. The standard InChI is InChI=1S/C22H21N3OS/c26-21(16-9-3-1-4-10-16)24-22-19(18-13-7-8-14-20(18)27-22)15-23-25-17-11-5-2-6-12-17/h1-6,9-12,15,25H,7-8,13-14H2,(H,24,26)/b23-15-. The van der Waals surface area contributed by atoms with E-state index in [2.05, 4.69) is 15.8 Å². The summed E-state index contributed by atoms with van der Waals surface area (Å²) in [5.41, 5.74) is 7.02. The molecule has 0 radical (unpaired) electrons. The van der Waals surface area contributed by atoms with Crippen LogP contribution in [0.4, 0.5) is 10.7 Å². The summed E-state index contributed by atoms with van der Waals surface area (Å²) in [5, 5.41) is 8.39. The molecule has 27 heavy (non-hydrogen) atoms. The van der Waals surface area contributed by atoms with Crippen LogP contribution in [-0.2, 0) is 12.8 Å². The van der Waals surface area contributed by atoms with Gasteiger partial charge in [-0.3, -0.25) is 10.2 Å². The number of benzene rings is 2. The first-order valence-electron chi connectivity index (χ1n) is 9.16. The summed E-state index contributed by atoms with van der Waals surface area (Å²) in [5.74, 6) is -0.0835. The number of nitrogens with one attached hydrogen (secondary N) is 2. The number of fused-ring (bicyclic) bond motifs is 1. The van der Waals surface area contributed by atoms with E-state index in [9.17, 15) is 4.79 Å². The number of hydrogen-bond acceptors (Lipinski definition) is 4. The van der Waals surface area contributed by atoms with Gasteiger partial charge < -0.3 is 5.32 Å². The normalized spacial score (nSPS) is 13.3. The molecule has 3 aromatic rings. The number of thiophene rings is 1. The average molecular weight is 375 g/mol. The lowest BCUT2D eigenvalue weighted by atomic mass is 9.96. The number of amides is 1. The van der Waals surface area contributed by atoms with Crippen LogP contribution in [0.25, 0.3) is 0 Å². The first-order valence-corrected chi connectivity index (χ1v) is 9.98. The molecule has 0 bridgehead atoms. The van der Waals surface area contributed by atoms with Gasteiger partial charge in [0, 0.05) is 16.0 Å². The molecule has 2 N–H and O–H groups in total. The highest BCUT2D eigenvalue weighted by Crippen LogP contribution is 2.37. The predicted octanol–water partition coefficient (Wildman–Crippen LogP) is 5.33. The average Bonchev–Trinajstić information content (AvgIpc) is 3.07. The molecule has 4 rings (SSSR count). The van der Waals surface area contributed by atoms with Crippen molar-refractivity contribution in [3.63, 3.8) is 0 Å². The van der Waals surface area contributed by atoms with Gasteiger partial charge >= 0.3 is 0 Å². The third-order valence-electron chi connectivity index (χ3n) is 4.64. The van der Waals surface area contributed by atoms with Crippen LogP contribution < -0.4 is 10.7 Å². The van der Waals surface area contributed by atoms with Gasteiger partial charge in [-0.05, 0) is 55.5 Å². The molecule has 4 nitrogen and oxygen atoms in total. The molecule has 0 aliphatic heterocycles. The summed E-state index contributed by atoms with van der Waals surface area (Å²) in [6.07, 6.45) is 6.35. The van der Waals surface area contributed by atoms with Crippen LogP contribution >= 0.6 is 11.3 Å². The fourth-order valence-corrected chi connectivity index (χ4v) is 4.53. The van der Waals surface area contributed by atoms with Gasteiger partial charge in [-0.2, -0.15) is 5.10 Å². The van der Waals surface area contributed by atoms with Crippen molar-refractivity contribution < 1.29 is 4.79 Å². The Morgan fingerprint density at radius 3 is 2.44 bits per heavy atom. The maximum atomic E-state index is 12.6. The van der Waals surface area contributed by atoms with E-state index in [0.717, 1.165) is 29.1 Å². The number of hydrogen-bond donors (Lipinski definition) is 2. The number of hydrazone groups is 1. The number of nitrogens with zero attached hydrogens (tertiary/aromatic N) is 1. The quantitative estimate of drug-likeness (QED) is 0.468. The minimum absolute atomic E-state index is 0.0835. The van der Waals surface area contributed by atoms with Gasteiger partial charge in [0.25, 0.3) is 5.91 Å². The molecule has 0 saturated heterocycles. The van der Waals surface area contributed by atoms with E-state index < -0.39 is 0 Å². The van der Waals surface area contributed by atoms with Crippen molar-refractivity contribution in [1.82, 2.24) is 0 Å². The third-order valence-corrected chi connectivity index (χ3v) is 5.86. The number of para-hydroxylation sites is 1. The highest BCUT2D eigenvalue weighted by atomic mass is 32.1. The number of aryl methyl sites for hydroxylation is 1. The topological polar surface area (TPSA) is 53.5 Å². The van der Waals surface area contributed by atoms with Gasteiger partial charge in [-0.25, -0.2) is 0 Å². The summed E-state index contributed by atoms with van der Waals surface area (Å²) in [4.78, 5) is 14.0. The largest absolute Gasteiger partial charge is 0.313 e. The lowest BCUT2D eigenvalue weighted by molar-refractivity contribution is 0.102. The first kappa shape index (κ1) is 17.5. The highest BCUT2D eigenvalue weighted by molar-refractivity contribution is 7.17. The molecular formula is C22H21N3OS. The molecule has 1 heterocycles. The first-order chi connectivity index (χ1) is 13.3. The van der Waals surface area contributed by atoms with Crippen molar-refractivity contribution in [3.05, 3.63) is 82.2 Å². The predicted molar refractivity (Wildman–Crippen MR) is 113 cm³/mol. The Morgan fingerprint density at radius 1 is 0.963 bits per heavy atom. The Labute approximate surface area is 162 Å². The minimum atomic E-state index is -0.0835. The number of rotatable bonds is 5. The van der Waals surface area contributed by atoms with Gasteiger partial charge in [-0.15, -0.1) is 11.3 Å². The second-order valence-electron chi connectivity index (χ2n) is 6.51. The van der Waals surface area contributed by atoms with Crippen LogP contribution in [0.15, 0.2) is 65.8 Å². The summed E-state index contributed by atoms with van der Waals surface area (Å²) < 4.78 is 0. The lowest BCUT2D eigenvalue weighted by Crippen LogP contribution is -2.12. The molecule has 1 amide bonds. The second kappa shape index (κ2) is 8.18. The number of carbonyl (C=O) groups excluding carboxylic acids is 1. The van der Waals surface area contributed by atoms with Crippen molar-refractivity contribution in [2.24, 2.45) is 5.10 Å². The van der Waals surface area contributed by atoms with Crippen LogP contribution in [0.5, 0.6) is 0 Å².